The van der Waals surface area contributed by atoms with Crippen molar-refractivity contribution >= 4 is 21.8 Å². The molecule has 1 aliphatic rings. The van der Waals surface area contributed by atoms with E-state index in [-0.39, 0.29) is 10.6 Å². The van der Waals surface area contributed by atoms with Gasteiger partial charge in [-0.2, -0.15) is 0 Å². The second-order valence-corrected chi connectivity index (χ2v) is 5.39. The van der Waals surface area contributed by atoms with Crippen molar-refractivity contribution < 1.29 is 18.3 Å². The van der Waals surface area contributed by atoms with Crippen molar-refractivity contribution in [3.63, 3.8) is 0 Å². The second-order valence-electron chi connectivity index (χ2n) is 4.47. The number of carbonyl (C=O) groups excluding carboxylic acids is 1. The minimum absolute atomic E-state index is 0.115. The number of rotatable bonds is 2. The molecule has 0 atom stereocenters. The highest BCUT2D eigenvalue weighted by atomic mass is 79.9. The largest absolute Gasteiger partial charge is 0.381 e. The van der Waals surface area contributed by atoms with Crippen molar-refractivity contribution in [2.75, 3.05) is 20.2 Å². The zero-order chi connectivity index (χ0) is 14.0. The molecule has 6 heteroatoms. The molecule has 19 heavy (non-hydrogen) atoms. The lowest BCUT2D eigenvalue weighted by molar-refractivity contribution is 0.0346. The Morgan fingerprint density at radius 3 is 2.32 bits per heavy atom. The molecule has 0 saturated carbocycles. The Bertz CT molecular complexity index is 465. The molecule has 1 aromatic rings. The topological polar surface area (TPSA) is 29.5 Å². The number of amides is 1. The van der Waals surface area contributed by atoms with Gasteiger partial charge in [0.05, 0.1) is 6.10 Å². The van der Waals surface area contributed by atoms with E-state index in [1.165, 1.54) is 4.90 Å². The number of likely N-dealkylation sites (tertiary alicyclic amines) is 1. The van der Waals surface area contributed by atoms with Crippen LogP contribution in [0.5, 0.6) is 0 Å². The van der Waals surface area contributed by atoms with Crippen LogP contribution in [0.15, 0.2) is 16.6 Å². The molecule has 1 saturated heterocycles. The average molecular weight is 334 g/mol. The molecule has 0 N–H and O–H groups in total. The molecule has 3 nitrogen and oxygen atoms in total. The molecule has 0 aromatic heterocycles. The van der Waals surface area contributed by atoms with E-state index in [1.54, 1.807) is 7.11 Å². The van der Waals surface area contributed by atoms with Gasteiger partial charge in [-0.25, -0.2) is 8.78 Å². The molecule has 0 radical (unpaired) electrons. The molecule has 1 amide bonds. The Labute approximate surface area is 118 Å². The standard InChI is InChI=1S/C13H14BrF2NO2/c1-19-9-2-4-17(5-3-9)13(18)12-10(15)6-8(14)7-11(12)16/h6-7,9H,2-5H2,1H3. The van der Waals surface area contributed by atoms with Crippen LogP contribution in [-0.4, -0.2) is 37.1 Å². The fourth-order valence-corrected chi connectivity index (χ4v) is 2.60. The summed E-state index contributed by atoms with van der Waals surface area (Å²) in [5.41, 5.74) is -0.487. The van der Waals surface area contributed by atoms with E-state index < -0.39 is 23.1 Å². The molecule has 0 bridgehead atoms. The number of nitrogens with zero attached hydrogens (tertiary/aromatic N) is 1. The number of ether oxygens (including phenoxy) is 1. The van der Waals surface area contributed by atoms with Crippen LogP contribution in [0.1, 0.15) is 23.2 Å². The first-order valence-electron chi connectivity index (χ1n) is 5.99. The van der Waals surface area contributed by atoms with Crippen LogP contribution in [-0.2, 0) is 4.74 Å². The van der Waals surface area contributed by atoms with Gasteiger partial charge in [0.1, 0.15) is 17.2 Å². The Kier molecular flexibility index (Phi) is 4.52. The van der Waals surface area contributed by atoms with Gasteiger partial charge in [0.15, 0.2) is 0 Å². The smallest absolute Gasteiger partial charge is 0.259 e. The van der Waals surface area contributed by atoms with Crippen LogP contribution in [0, 0.1) is 11.6 Å². The number of halogens is 3. The van der Waals surface area contributed by atoms with E-state index >= 15 is 0 Å². The average Bonchev–Trinajstić information content (AvgIpc) is 2.37. The molecule has 1 aliphatic heterocycles. The van der Waals surface area contributed by atoms with Crippen LogP contribution < -0.4 is 0 Å². The van der Waals surface area contributed by atoms with Gasteiger partial charge in [-0.3, -0.25) is 4.79 Å². The highest BCUT2D eigenvalue weighted by Crippen LogP contribution is 2.22. The molecule has 104 valence electrons. The fraction of sp³-hybridized carbons (Fsp3) is 0.462. The highest BCUT2D eigenvalue weighted by molar-refractivity contribution is 9.10. The first kappa shape index (κ1) is 14.4. The van der Waals surface area contributed by atoms with Gasteiger partial charge in [-0.15, -0.1) is 0 Å². The van der Waals surface area contributed by atoms with Crippen molar-refractivity contribution in [2.45, 2.75) is 18.9 Å². The zero-order valence-corrected chi connectivity index (χ0v) is 12.0. The maximum atomic E-state index is 13.7. The SMILES string of the molecule is COC1CCN(C(=O)c2c(F)cc(Br)cc2F)CC1. The lowest BCUT2D eigenvalue weighted by atomic mass is 10.1. The van der Waals surface area contributed by atoms with Gasteiger partial charge in [-0.1, -0.05) is 15.9 Å². The Hall–Kier alpha value is -1.01. The summed E-state index contributed by atoms with van der Waals surface area (Å²) < 4.78 is 32.9. The number of hydrogen-bond acceptors (Lipinski definition) is 2. The lowest BCUT2D eigenvalue weighted by Gasteiger charge is -2.31. The summed E-state index contributed by atoms with van der Waals surface area (Å²) in [6.07, 6.45) is 1.48. The number of piperidine rings is 1. The van der Waals surface area contributed by atoms with Gasteiger partial charge >= 0.3 is 0 Å². The van der Waals surface area contributed by atoms with Crippen molar-refractivity contribution in [2.24, 2.45) is 0 Å². The van der Waals surface area contributed by atoms with Gasteiger partial charge in [-0.05, 0) is 25.0 Å². The van der Waals surface area contributed by atoms with Crippen molar-refractivity contribution in [1.29, 1.82) is 0 Å². The summed E-state index contributed by atoms with van der Waals surface area (Å²) in [6.45, 7) is 0.901. The van der Waals surface area contributed by atoms with Crippen LogP contribution in [0.3, 0.4) is 0 Å². The molecule has 2 rings (SSSR count). The number of carbonyl (C=O) groups is 1. The zero-order valence-electron chi connectivity index (χ0n) is 10.5. The minimum Gasteiger partial charge on any atom is -0.381 e. The van der Waals surface area contributed by atoms with E-state index in [1.807, 2.05) is 0 Å². The van der Waals surface area contributed by atoms with Crippen LogP contribution in [0.2, 0.25) is 0 Å². The molecule has 1 aromatic carbocycles. The summed E-state index contributed by atoms with van der Waals surface area (Å²) in [7, 11) is 1.62. The molecule has 0 aliphatic carbocycles. The van der Waals surface area contributed by atoms with E-state index in [4.69, 9.17) is 4.74 Å². The Morgan fingerprint density at radius 1 is 1.32 bits per heavy atom. The van der Waals surface area contributed by atoms with Crippen LogP contribution in [0.4, 0.5) is 8.78 Å². The first-order valence-corrected chi connectivity index (χ1v) is 6.79. The Balaban J connectivity index is 2.17. The second kappa shape index (κ2) is 5.96. The third kappa shape index (κ3) is 3.12. The summed E-state index contributed by atoms with van der Waals surface area (Å²) in [5.74, 6) is -2.28. The number of hydrogen-bond donors (Lipinski definition) is 0. The molecule has 1 heterocycles. The maximum absolute atomic E-state index is 13.7. The predicted octanol–water partition coefficient (Wildman–Crippen LogP) is 2.98. The summed E-state index contributed by atoms with van der Waals surface area (Å²) >= 11 is 2.99. The van der Waals surface area contributed by atoms with Gasteiger partial charge in [0.2, 0.25) is 0 Å². The van der Waals surface area contributed by atoms with Crippen molar-refractivity contribution in [3.8, 4) is 0 Å². The molecular formula is C13H14BrF2NO2. The predicted molar refractivity (Wildman–Crippen MR) is 70.0 cm³/mol. The monoisotopic (exact) mass is 333 g/mol. The quantitative estimate of drug-likeness (QED) is 0.832. The van der Waals surface area contributed by atoms with Crippen LogP contribution >= 0.6 is 15.9 Å². The maximum Gasteiger partial charge on any atom is 0.259 e. The van der Waals surface area contributed by atoms with Crippen molar-refractivity contribution in [1.82, 2.24) is 4.90 Å². The highest BCUT2D eigenvalue weighted by Gasteiger charge is 2.27. The summed E-state index contributed by atoms with van der Waals surface area (Å²) in [4.78, 5) is 13.6. The third-order valence-corrected chi connectivity index (χ3v) is 3.74. The molecular weight excluding hydrogens is 320 g/mol. The molecule has 1 fully saturated rings. The summed E-state index contributed by atoms with van der Waals surface area (Å²) in [5, 5.41) is 0. The van der Waals surface area contributed by atoms with E-state index in [9.17, 15) is 13.6 Å². The Morgan fingerprint density at radius 2 is 1.84 bits per heavy atom. The number of benzene rings is 1. The van der Waals surface area contributed by atoms with E-state index in [2.05, 4.69) is 15.9 Å². The number of methoxy groups -OCH3 is 1. The van der Waals surface area contributed by atoms with E-state index in [0.717, 1.165) is 12.1 Å². The first-order chi connectivity index (χ1) is 9.02. The van der Waals surface area contributed by atoms with Gasteiger partial charge < -0.3 is 9.64 Å². The van der Waals surface area contributed by atoms with Gasteiger partial charge in [0.25, 0.3) is 5.91 Å². The fourth-order valence-electron chi connectivity index (χ4n) is 2.20. The molecule has 0 unspecified atom stereocenters. The minimum atomic E-state index is -0.842. The third-order valence-electron chi connectivity index (χ3n) is 3.28. The normalized spacial score (nSPS) is 16.7. The van der Waals surface area contributed by atoms with Crippen molar-refractivity contribution in [3.05, 3.63) is 33.8 Å². The van der Waals surface area contributed by atoms with E-state index in [0.29, 0.717) is 25.9 Å². The molecule has 0 spiro atoms. The lowest BCUT2D eigenvalue weighted by Crippen LogP contribution is -2.41. The van der Waals surface area contributed by atoms with Gasteiger partial charge in [0, 0.05) is 24.7 Å². The summed E-state index contributed by atoms with van der Waals surface area (Å²) in [6, 6.07) is 2.19. The van der Waals surface area contributed by atoms with Crippen LogP contribution in [0.25, 0.3) is 0 Å².